The number of likely N-dealkylation sites (tertiary alicyclic amines) is 1. The summed E-state index contributed by atoms with van der Waals surface area (Å²) in [7, 11) is 4.06. The minimum Gasteiger partial charge on any atom is -0.481 e. The number of aromatic nitrogens is 2. The van der Waals surface area contributed by atoms with Crippen LogP contribution in [0.15, 0.2) is 24.3 Å². The zero-order valence-corrected chi connectivity index (χ0v) is 19.0. The van der Waals surface area contributed by atoms with Gasteiger partial charge in [0.15, 0.2) is 6.10 Å². The monoisotopic (exact) mass is 423 g/mol. The van der Waals surface area contributed by atoms with Crippen molar-refractivity contribution < 1.29 is 9.53 Å². The van der Waals surface area contributed by atoms with Gasteiger partial charge >= 0.3 is 0 Å². The van der Waals surface area contributed by atoms with Crippen molar-refractivity contribution >= 4 is 11.7 Å². The number of ether oxygens (including phenoxy) is 1. The van der Waals surface area contributed by atoms with E-state index in [1.165, 1.54) is 11.1 Å². The summed E-state index contributed by atoms with van der Waals surface area (Å²) in [6, 6.07) is 7.81. The highest BCUT2D eigenvalue weighted by Crippen LogP contribution is 2.30. The normalized spacial score (nSPS) is 18.4. The number of aryl methyl sites for hydroxylation is 1. The van der Waals surface area contributed by atoms with E-state index in [0.717, 1.165) is 55.4 Å². The Bertz CT molecular complexity index is 922. The highest BCUT2D eigenvalue weighted by atomic mass is 16.5. The Morgan fingerprint density at radius 2 is 1.87 bits per heavy atom. The maximum atomic E-state index is 12.9. The maximum Gasteiger partial charge on any atom is 0.263 e. The number of carbonyl (C=O) groups excluding carboxylic acids is 1. The van der Waals surface area contributed by atoms with Gasteiger partial charge in [0.05, 0.1) is 5.69 Å². The molecule has 1 amide bonds. The molecule has 0 radical (unpaired) electrons. The first-order chi connectivity index (χ1) is 14.9. The van der Waals surface area contributed by atoms with Gasteiger partial charge in [-0.3, -0.25) is 4.79 Å². The molecule has 2 aliphatic rings. The Kier molecular flexibility index (Phi) is 6.41. The molecular weight excluding hydrogens is 390 g/mol. The Morgan fingerprint density at radius 1 is 1.16 bits per heavy atom. The van der Waals surface area contributed by atoms with Gasteiger partial charge in [0, 0.05) is 44.7 Å². The number of fused-ring (bicyclic) bond motifs is 1. The standard InChI is InChI=1S/C24H33N5O2/c1-16-5-7-19(8-6-16)31-17(2)24(30)29-13-9-18(10-14-29)22-26-21-15-28(4)12-11-20(21)23(25-3)27-22/h5-8,17-18H,9-15H2,1-4H3,(H,25,26,27)/t17-/m0/s1. The van der Waals surface area contributed by atoms with Crippen LogP contribution in [-0.2, 0) is 17.8 Å². The van der Waals surface area contributed by atoms with E-state index in [1.54, 1.807) is 0 Å². The second kappa shape index (κ2) is 9.22. The highest BCUT2D eigenvalue weighted by Gasteiger charge is 2.30. The molecule has 0 spiro atoms. The molecule has 4 rings (SSSR count). The lowest BCUT2D eigenvalue weighted by molar-refractivity contribution is -0.139. The summed E-state index contributed by atoms with van der Waals surface area (Å²) in [5.41, 5.74) is 3.56. The minimum atomic E-state index is -0.495. The summed E-state index contributed by atoms with van der Waals surface area (Å²) in [6.07, 6.45) is 2.24. The van der Waals surface area contributed by atoms with Crippen molar-refractivity contribution in [2.24, 2.45) is 0 Å². The van der Waals surface area contributed by atoms with Gasteiger partial charge in [0.1, 0.15) is 17.4 Å². The summed E-state index contributed by atoms with van der Waals surface area (Å²) in [5.74, 6) is 2.93. The first-order valence-corrected chi connectivity index (χ1v) is 11.2. The fraction of sp³-hybridized carbons (Fsp3) is 0.542. The average molecular weight is 424 g/mol. The van der Waals surface area contributed by atoms with Gasteiger partial charge in [0.2, 0.25) is 0 Å². The number of benzene rings is 1. The second-order valence-corrected chi connectivity index (χ2v) is 8.77. The molecule has 2 aromatic rings. The number of nitrogens with zero attached hydrogens (tertiary/aromatic N) is 4. The van der Waals surface area contributed by atoms with Crippen LogP contribution in [0.2, 0.25) is 0 Å². The van der Waals surface area contributed by atoms with E-state index in [9.17, 15) is 4.79 Å². The van der Waals surface area contributed by atoms with Gasteiger partial charge in [-0.05, 0) is 52.3 Å². The molecule has 1 atom stereocenters. The van der Waals surface area contributed by atoms with Crippen LogP contribution in [0, 0.1) is 6.92 Å². The molecule has 1 saturated heterocycles. The van der Waals surface area contributed by atoms with E-state index in [1.807, 2.05) is 50.1 Å². The van der Waals surface area contributed by atoms with Crippen LogP contribution in [0.4, 0.5) is 5.82 Å². The Balaban J connectivity index is 1.38. The molecule has 1 aromatic heterocycles. The third kappa shape index (κ3) is 4.82. The molecule has 2 aliphatic heterocycles. The largest absolute Gasteiger partial charge is 0.481 e. The summed E-state index contributed by atoms with van der Waals surface area (Å²) in [4.78, 5) is 26.9. The smallest absolute Gasteiger partial charge is 0.263 e. The van der Waals surface area contributed by atoms with Gasteiger partial charge in [-0.15, -0.1) is 0 Å². The van der Waals surface area contributed by atoms with Gasteiger partial charge in [0.25, 0.3) is 5.91 Å². The van der Waals surface area contributed by atoms with Crippen LogP contribution in [0.1, 0.15) is 48.3 Å². The lowest BCUT2D eigenvalue weighted by Crippen LogP contribution is -2.44. The molecule has 0 unspecified atom stereocenters. The van der Waals surface area contributed by atoms with Crippen LogP contribution in [-0.4, -0.2) is 65.5 Å². The quantitative estimate of drug-likeness (QED) is 0.797. The Morgan fingerprint density at radius 3 is 2.55 bits per heavy atom. The number of carbonyl (C=O) groups is 1. The van der Waals surface area contributed by atoms with Gasteiger partial charge < -0.3 is 19.9 Å². The molecule has 1 fully saturated rings. The first-order valence-electron chi connectivity index (χ1n) is 11.2. The van der Waals surface area contributed by atoms with Gasteiger partial charge in [-0.2, -0.15) is 0 Å². The van der Waals surface area contributed by atoms with E-state index in [4.69, 9.17) is 14.7 Å². The fourth-order valence-electron chi connectivity index (χ4n) is 4.46. The van der Waals surface area contributed by atoms with Crippen molar-refractivity contribution in [3.8, 4) is 5.75 Å². The van der Waals surface area contributed by atoms with E-state index >= 15 is 0 Å². The Labute approximate surface area is 184 Å². The van der Waals surface area contributed by atoms with Crippen molar-refractivity contribution in [2.45, 2.75) is 51.7 Å². The highest BCUT2D eigenvalue weighted by molar-refractivity contribution is 5.81. The molecule has 0 saturated carbocycles. The summed E-state index contributed by atoms with van der Waals surface area (Å²) in [5, 5.41) is 3.27. The van der Waals surface area contributed by atoms with Gasteiger partial charge in [-0.25, -0.2) is 9.97 Å². The first kappa shape index (κ1) is 21.6. The van der Waals surface area contributed by atoms with Crippen molar-refractivity contribution in [3.05, 3.63) is 46.9 Å². The molecule has 166 valence electrons. The molecule has 1 aromatic carbocycles. The topological polar surface area (TPSA) is 70.6 Å². The Hall–Kier alpha value is -2.67. The summed E-state index contributed by atoms with van der Waals surface area (Å²) >= 11 is 0. The zero-order valence-electron chi connectivity index (χ0n) is 19.0. The lowest BCUT2D eigenvalue weighted by atomic mass is 9.94. The predicted octanol–water partition coefficient (Wildman–Crippen LogP) is 2.99. The fourth-order valence-corrected chi connectivity index (χ4v) is 4.46. The van der Waals surface area contributed by atoms with Crippen LogP contribution in [0.5, 0.6) is 5.75 Å². The third-order valence-corrected chi connectivity index (χ3v) is 6.36. The third-order valence-electron chi connectivity index (χ3n) is 6.36. The number of likely N-dealkylation sites (N-methyl/N-ethyl adjacent to an activating group) is 1. The molecular formula is C24H33N5O2. The van der Waals surface area contributed by atoms with Crippen LogP contribution < -0.4 is 10.1 Å². The number of anilines is 1. The number of piperidine rings is 1. The number of rotatable bonds is 5. The molecule has 7 nitrogen and oxygen atoms in total. The molecule has 0 aliphatic carbocycles. The molecule has 0 bridgehead atoms. The number of hydrogen-bond acceptors (Lipinski definition) is 6. The van der Waals surface area contributed by atoms with Crippen molar-refractivity contribution in [2.75, 3.05) is 39.0 Å². The number of amides is 1. The van der Waals surface area contributed by atoms with E-state index < -0.39 is 6.10 Å². The zero-order chi connectivity index (χ0) is 22.0. The second-order valence-electron chi connectivity index (χ2n) is 8.77. The SMILES string of the molecule is CNc1nc(C2CCN(C(=O)[C@H](C)Oc3ccc(C)cc3)CC2)nc2c1CCN(C)C2. The van der Waals surface area contributed by atoms with Crippen molar-refractivity contribution in [1.29, 1.82) is 0 Å². The van der Waals surface area contributed by atoms with Crippen LogP contribution in [0.3, 0.4) is 0 Å². The van der Waals surface area contributed by atoms with Crippen LogP contribution >= 0.6 is 0 Å². The average Bonchev–Trinajstić information content (AvgIpc) is 2.79. The lowest BCUT2D eigenvalue weighted by Gasteiger charge is -2.33. The summed E-state index contributed by atoms with van der Waals surface area (Å²) < 4.78 is 5.87. The molecule has 1 N–H and O–H groups in total. The van der Waals surface area contributed by atoms with Crippen molar-refractivity contribution in [1.82, 2.24) is 19.8 Å². The number of hydrogen-bond donors (Lipinski definition) is 1. The van der Waals surface area contributed by atoms with E-state index in [-0.39, 0.29) is 11.8 Å². The molecule has 7 heteroatoms. The van der Waals surface area contributed by atoms with E-state index in [0.29, 0.717) is 13.1 Å². The predicted molar refractivity (Wildman–Crippen MR) is 121 cm³/mol. The maximum absolute atomic E-state index is 12.9. The van der Waals surface area contributed by atoms with E-state index in [2.05, 4.69) is 17.3 Å². The van der Waals surface area contributed by atoms with Gasteiger partial charge in [-0.1, -0.05) is 17.7 Å². The van der Waals surface area contributed by atoms with Crippen molar-refractivity contribution in [3.63, 3.8) is 0 Å². The molecule has 31 heavy (non-hydrogen) atoms. The number of nitrogens with one attached hydrogen (secondary N) is 1. The minimum absolute atomic E-state index is 0.0444. The summed E-state index contributed by atoms with van der Waals surface area (Å²) in [6.45, 7) is 7.18. The van der Waals surface area contributed by atoms with Crippen LogP contribution in [0.25, 0.3) is 0 Å². The molecule has 3 heterocycles.